The number of methoxy groups -OCH3 is 1. The summed E-state index contributed by atoms with van der Waals surface area (Å²) in [5, 5.41) is 1.48. The number of carbonyl (C=O) groups excluding carboxylic acids is 4. The van der Waals surface area contributed by atoms with Gasteiger partial charge < -0.3 is 19.5 Å². The molecule has 0 spiro atoms. The van der Waals surface area contributed by atoms with Gasteiger partial charge in [-0.3, -0.25) is 4.79 Å². The van der Waals surface area contributed by atoms with Gasteiger partial charge in [-0.2, -0.15) is 0 Å². The summed E-state index contributed by atoms with van der Waals surface area (Å²) in [6, 6.07) is 5.85. The van der Waals surface area contributed by atoms with Gasteiger partial charge >= 0.3 is 17.2 Å². The molecular formula is C24H25F2NO7S. The number of rotatable bonds is 7. The van der Waals surface area contributed by atoms with E-state index in [4.69, 9.17) is 9.47 Å². The Hall–Kier alpha value is -3.47. The van der Waals surface area contributed by atoms with Gasteiger partial charge in [-0.15, -0.1) is 0 Å². The van der Waals surface area contributed by atoms with Crippen molar-refractivity contribution in [3.63, 3.8) is 0 Å². The minimum atomic E-state index is -1.09. The van der Waals surface area contributed by atoms with Gasteiger partial charge in [-0.25, -0.2) is 23.2 Å². The molecule has 1 unspecified atom stereocenters. The van der Waals surface area contributed by atoms with E-state index in [1.165, 1.54) is 31.2 Å². The number of nitrogens with one attached hydrogen (secondary N) is 1. The first-order valence-electron chi connectivity index (χ1n) is 10.3. The minimum absolute atomic E-state index is 0.0275. The molecule has 0 aliphatic rings. The number of amides is 1. The predicted octanol–water partition coefficient (Wildman–Crippen LogP) is 4.50. The number of ether oxygens (including phenoxy) is 3. The van der Waals surface area contributed by atoms with Crippen molar-refractivity contribution in [3.05, 3.63) is 53.6 Å². The second-order valence-electron chi connectivity index (χ2n) is 8.28. The standard InChI is InChI=1S/C24H25F2NO7S/c1-13(28)27-19(22(30)32-5)12-35-23(31)33-20-9-6-14(16-8-7-15(25)11-18(16)26)10-17(20)21(29)34-24(2,3)4/h6-11,19H,12H2,1-5H3,(H,27,28). The molecule has 0 aliphatic carbocycles. The highest BCUT2D eigenvalue weighted by molar-refractivity contribution is 8.13. The third kappa shape index (κ3) is 8.36. The lowest BCUT2D eigenvalue weighted by Gasteiger charge is -2.21. The van der Waals surface area contributed by atoms with Crippen LogP contribution in [0.1, 0.15) is 38.1 Å². The number of thioether (sulfide) groups is 1. The number of hydrogen-bond acceptors (Lipinski definition) is 8. The smallest absolute Gasteiger partial charge is 0.372 e. The second-order valence-corrected chi connectivity index (χ2v) is 9.23. The Morgan fingerprint density at radius 2 is 1.74 bits per heavy atom. The Morgan fingerprint density at radius 3 is 2.31 bits per heavy atom. The van der Waals surface area contributed by atoms with Gasteiger partial charge in [-0.1, -0.05) is 6.07 Å². The molecule has 35 heavy (non-hydrogen) atoms. The summed E-state index contributed by atoms with van der Waals surface area (Å²) in [5.74, 6) is -4.03. The summed E-state index contributed by atoms with van der Waals surface area (Å²) in [4.78, 5) is 48.4. The van der Waals surface area contributed by atoms with E-state index in [-0.39, 0.29) is 28.2 Å². The SMILES string of the molecule is COC(=O)C(CSC(=O)Oc1ccc(-c2ccc(F)cc2F)cc1C(=O)OC(C)(C)C)NC(C)=O. The Labute approximate surface area is 205 Å². The molecule has 1 atom stereocenters. The van der Waals surface area contributed by atoms with Crippen LogP contribution in [0.4, 0.5) is 13.6 Å². The summed E-state index contributed by atoms with van der Waals surface area (Å²) < 4.78 is 42.9. The number of esters is 2. The molecule has 0 radical (unpaired) electrons. The van der Waals surface area contributed by atoms with Crippen LogP contribution >= 0.6 is 11.8 Å². The fourth-order valence-electron chi connectivity index (χ4n) is 2.83. The van der Waals surface area contributed by atoms with Crippen molar-refractivity contribution in [1.82, 2.24) is 5.32 Å². The predicted molar refractivity (Wildman–Crippen MR) is 125 cm³/mol. The van der Waals surface area contributed by atoms with Gasteiger partial charge in [0.25, 0.3) is 0 Å². The van der Waals surface area contributed by atoms with Gasteiger partial charge in [0.2, 0.25) is 5.91 Å². The highest BCUT2D eigenvalue weighted by Crippen LogP contribution is 2.31. The maximum Gasteiger partial charge on any atom is 0.372 e. The molecular weight excluding hydrogens is 484 g/mol. The van der Waals surface area contributed by atoms with E-state index in [0.717, 1.165) is 13.2 Å². The molecule has 1 amide bonds. The van der Waals surface area contributed by atoms with Gasteiger partial charge in [-0.05, 0) is 62.4 Å². The van der Waals surface area contributed by atoms with Crippen molar-refractivity contribution in [2.75, 3.05) is 12.9 Å². The van der Waals surface area contributed by atoms with Gasteiger partial charge in [0.05, 0.1) is 7.11 Å². The van der Waals surface area contributed by atoms with Crippen LogP contribution in [0.2, 0.25) is 0 Å². The topological polar surface area (TPSA) is 108 Å². The average molecular weight is 510 g/mol. The Morgan fingerprint density at radius 1 is 1.06 bits per heavy atom. The van der Waals surface area contributed by atoms with Crippen molar-refractivity contribution in [2.45, 2.75) is 39.3 Å². The zero-order valence-corrected chi connectivity index (χ0v) is 20.6. The van der Waals surface area contributed by atoms with Crippen LogP contribution in [0.25, 0.3) is 11.1 Å². The summed E-state index contributed by atoms with van der Waals surface area (Å²) in [6.07, 6.45) is 0. The lowest BCUT2D eigenvalue weighted by Crippen LogP contribution is -2.42. The zero-order chi connectivity index (χ0) is 26.3. The molecule has 2 rings (SSSR count). The van der Waals surface area contributed by atoms with E-state index >= 15 is 0 Å². The quantitative estimate of drug-likeness (QED) is 0.544. The number of benzene rings is 2. The molecule has 0 aromatic heterocycles. The van der Waals surface area contributed by atoms with Crippen LogP contribution in [-0.4, -0.2) is 47.7 Å². The first-order valence-corrected chi connectivity index (χ1v) is 11.3. The van der Waals surface area contributed by atoms with Gasteiger partial charge in [0, 0.05) is 24.3 Å². The fraction of sp³-hybridized carbons (Fsp3) is 0.333. The van der Waals surface area contributed by atoms with Crippen LogP contribution in [0, 0.1) is 11.6 Å². The first-order chi connectivity index (χ1) is 16.3. The van der Waals surface area contributed by atoms with Crippen LogP contribution < -0.4 is 10.1 Å². The molecule has 11 heteroatoms. The number of hydrogen-bond donors (Lipinski definition) is 1. The molecule has 2 aromatic rings. The van der Waals surface area contributed by atoms with Crippen molar-refractivity contribution in [1.29, 1.82) is 0 Å². The molecule has 8 nitrogen and oxygen atoms in total. The molecule has 0 heterocycles. The highest BCUT2D eigenvalue weighted by atomic mass is 32.2. The Balaban J connectivity index is 2.32. The monoisotopic (exact) mass is 509 g/mol. The van der Waals surface area contributed by atoms with Gasteiger partial charge in [0.15, 0.2) is 0 Å². The van der Waals surface area contributed by atoms with Gasteiger partial charge in [0.1, 0.15) is 34.6 Å². The molecule has 0 aliphatic heterocycles. The third-order valence-electron chi connectivity index (χ3n) is 4.26. The van der Waals surface area contributed by atoms with E-state index in [9.17, 15) is 28.0 Å². The largest absolute Gasteiger partial charge is 0.467 e. The van der Waals surface area contributed by atoms with E-state index in [2.05, 4.69) is 10.1 Å². The maximum atomic E-state index is 14.3. The van der Waals surface area contributed by atoms with Crippen LogP contribution in [0.5, 0.6) is 5.75 Å². The first kappa shape index (κ1) is 27.8. The molecule has 0 saturated heterocycles. The van der Waals surface area contributed by atoms with Crippen LogP contribution in [-0.2, 0) is 19.1 Å². The zero-order valence-electron chi connectivity index (χ0n) is 19.8. The molecule has 1 N–H and O–H groups in total. The summed E-state index contributed by atoms with van der Waals surface area (Å²) in [7, 11) is 1.14. The number of halogens is 2. The lowest BCUT2D eigenvalue weighted by molar-refractivity contribution is -0.144. The second kappa shape index (κ2) is 11.8. The number of carbonyl (C=O) groups is 4. The molecule has 2 aromatic carbocycles. The summed E-state index contributed by atoms with van der Waals surface area (Å²) in [5.41, 5.74) is -0.788. The van der Waals surface area contributed by atoms with E-state index in [1.54, 1.807) is 20.8 Å². The lowest BCUT2D eigenvalue weighted by atomic mass is 10.0. The molecule has 0 bridgehead atoms. The van der Waals surface area contributed by atoms with Crippen LogP contribution in [0.15, 0.2) is 36.4 Å². The van der Waals surface area contributed by atoms with Crippen molar-refractivity contribution in [2.24, 2.45) is 0 Å². The average Bonchev–Trinajstić information content (AvgIpc) is 2.75. The normalized spacial score (nSPS) is 11.9. The third-order valence-corrected chi connectivity index (χ3v) is 5.08. The van der Waals surface area contributed by atoms with Crippen molar-refractivity contribution in [3.8, 4) is 16.9 Å². The summed E-state index contributed by atoms with van der Waals surface area (Å²) >= 11 is 0.573. The summed E-state index contributed by atoms with van der Waals surface area (Å²) in [6.45, 7) is 6.14. The maximum absolute atomic E-state index is 14.3. The van der Waals surface area contributed by atoms with E-state index < -0.39 is 46.4 Å². The molecule has 188 valence electrons. The van der Waals surface area contributed by atoms with Crippen molar-refractivity contribution >= 4 is 34.9 Å². The Bertz CT molecular complexity index is 1130. The Kier molecular flexibility index (Phi) is 9.35. The van der Waals surface area contributed by atoms with E-state index in [0.29, 0.717) is 17.8 Å². The van der Waals surface area contributed by atoms with E-state index in [1.807, 2.05) is 0 Å². The minimum Gasteiger partial charge on any atom is -0.467 e. The fourth-order valence-corrected chi connectivity index (χ4v) is 3.50. The molecule has 0 fully saturated rings. The van der Waals surface area contributed by atoms with Crippen LogP contribution in [0.3, 0.4) is 0 Å². The molecule has 0 saturated carbocycles. The van der Waals surface area contributed by atoms with Crippen molar-refractivity contribution < 1.29 is 42.2 Å². The highest BCUT2D eigenvalue weighted by Gasteiger charge is 2.26.